The molecule has 3 aromatic carbocycles. The normalized spacial score (nSPS) is 17.6. The van der Waals surface area contributed by atoms with Gasteiger partial charge >= 0.3 is 0 Å². The third-order valence-corrected chi connectivity index (χ3v) is 5.89. The molecule has 1 aliphatic heterocycles. The average Bonchev–Trinajstić information content (AvgIpc) is 2.81. The molecule has 4 rings (SSSR count). The highest BCUT2D eigenvalue weighted by molar-refractivity contribution is 5.93. The standard InChI is InChI=1S/C27H25F2N3O3/c1-16(30-24(33)14-18-11-19(28)15-20(29)12-18)26(34)32-25-22-10-6-5-9-21(22)23(31-27(25)35)13-17-7-3-2-4-8-17/h2-12,15-16,23,25H,13-14H2,1H3,(H,30,33)(H,31,35)(H,32,34)/t16-,23?,25?/m0/s1. The fourth-order valence-electron chi connectivity index (χ4n) is 4.24. The van der Waals surface area contributed by atoms with Crippen molar-refractivity contribution in [1.29, 1.82) is 0 Å². The Morgan fingerprint density at radius 3 is 2.23 bits per heavy atom. The number of rotatable bonds is 7. The smallest absolute Gasteiger partial charge is 0.247 e. The van der Waals surface area contributed by atoms with Crippen molar-refractivity contribution in [3.63, 3.8) is 0 Å². The molecule has 1 aliphatic rings. The van der Waals surface area contributed by atoms with Gasteiger partial charge in [-0.2, -0.15) is 0 Å². The molecule has 0 aromatic heterocycles. The van der Waals surface area contributed by atoms with Crippen molar-refractivity contribution >= 4 is 17.7 Å². The maximum absolute atomic E-state index is 13.4. The minimum atomic E-state index is -0.970. The Hall–Kier alpha value is -4.07. The molecule has 2 unspecified atom stereocenters. The van der Waals surface area contributed by atoms with Crippen LogP contribution in [0.15, 0.2) is 72.8 Å². The summed E-state index contributed by atoms with van der Waals surface area (Å²) in [7, 11) is 0. The maximum atomic E-state index is 13.4. The molecule has 180 valence electrons. The summed E-state index contributed by atoms with van der Waals surface area (Å²) in [5.41, 5.74) is 2.83. The van der Waals surface area contributed by atoms with Gasteiger partial charge in [-0.25, -0.2) is 8.78 Å². The van der Waals surface area contributed by atoms with Gasteiger partial charge < -0.3 is 16.0 Å². The molecule has 0 spiro atoms. The number of nitrogens with one attached hydrogen (secondary N) is 3. The monoisotopic (exact) mass is 477 g/mol. The Morgan fingerprint density at radius 2 is 1.54 bits per heavy atom. The van der Waals surface area contributed by atoms with Gasteiger partial charge in [-0.3, -0.25) is 14.4 Å². The summed E-state index contributed by atoms with van der Waals surface area (Å²) in [6, 6.07) is 17.9. The molecule has 0 saturated heterocycles. The van der Waals surface area contributed by atoms with Crippen molar-refractivity contribution in [3.8, 4) is 0 Å². The van der Waals surface area contributed by atoms with Crippen molar-refractivity contribution in [2.45, 2.75) is 37.9 Å². The maximum Gasteiger partial charge on any atom is 0.247 e. The van der Waals surface area contributed by atoms with Gasteiger partial charge in [0, 0.05) is 6.07 Å². The number of carbonyl (C=O) groups is 3. The van der Waals surface area contributed by atoms with Gasteiger partial charge in [0.25, 0.3) is 0 Å². The predicted molar refractivity (Wildman–Crippen MR) is 126 cm³/mol. The van der Waals surface area contributed by atoms with Crippen LogP contribution in [0.5, 0.6) is 0 Å². The summed E-state index contributed by atoms with van der Waals surface area (Å²) in [5.74, 6) is -3.04. The van der Waals surface area contributed by atoms with Crippen molar-refractivity contribution in [2.24, 2.45) is 0 Å². The second-order valence-electron chi connectivity index (χ2n) is 8.57. The molecule has 3 N–H and O–H groups in total. The first-order valence-corrected chi connectivity index (χ1v) is 11.3. The zero-order chi connectivity index (χ0) is 24.9. The number of carbonyl (C=O) groups excluding carboxylic acids is 3. The van der Waals surface area contributed by atoms with Gasteiger partial charge in [-0.05, 0) is 47.7 Å². The molecule has 3 aromatic rings. The quantitative estimate of drug-likeness (QED) is 0.488. The van der Waals surface area contributed by atoms with E-state index in [1.807, 2.05) is 42.5 Å². The first-order valence-electron chi connectivity index (χ1n) is 11.3. The summed E-state index contributed by atoms with van der Waals surface area (Å²) in [6.07, 6.45) is 0.317. The van der Waals surface area contributed by atoms with Crippen molar-refractivity contribution in [3.05, 3.63) is 107 Å². The number of fused-ring (bicyclic) bond motifs is 1. The van der Waals surface area contributed by atoms with Gasteiger partial charge in [0.05, 0.1) is 12.5 Å². The van der Waals surface area contributed by atoms with E-state index in [9.17, 15) is 23.2 Å². The molecule has 0 radical (unpaired) electrons. The van der Waals surface area contributed by atoms with E-state index in [1.165, 1.54) is 6.92 Å². The largest absolute Gasteiger partial charge is 0.347 e. The lowest BCUT2D eigenvalue weighted by atomic mass is 9.87. The van der Waals surface area contributed by atoms with Crippen LogP contribution in [0.4, 0.5) is 8.78 Å². The van der Waals surface area contributed by atoms with E-state index in [-0.39, 0.29) is 23.9 Å². The van der Waals surface area contributed by atoms with E-state index in [0.717, 1.165) is 29.3 Å². The van der Waals surface area contributed by atoms with E-state index in [4.69, 9.17) is 0 Å². The SMILES string of the molecule is C[C@H](NC(=O)Cc1cc(F)cc(F)c1)C(=O)NC1C(=O)NC(Cc2ccccc2)c2ccccc21. The molecule has 0 saturated carbocycles. The second kappa shape index (κ2) is 10.5. The summed E-state index contributed by atoms with van der Waals surface area (Å²) in [6.45, 7) is 1.48. The number of hydrogen-bond donors (Lipinski definition) is 3. The highest BCUT2D eigenvalue weighted by atomic mass is 19.1. The van der Waals surface area contributed by atoms with Crippen LogP contribution in [0.3, 0.4) is 0 Å². The zero-order valence-electron chi connectivity index (χ0n) is 19.1. The second-order valence-corrected chi connectivity index (χ2v) is 8.57. The number of amides is 3. The Bertz CT molecular complexity index is 1230. The average molecular weight is 478 g/mol. The van der Waals surface area contributed by atoms with Gasteiger partial charge in [-0.15, -0.1) is 0 Å². The lowest BCUT2D eigenvalue weighted by molar-refractivity contribution is -0.132. The van der Waals surface area contributed by atoms with Crippen molar-refractivity contribution in [2.75, 3.05) is 0 Å². The Morgan fingerprint density at radius 1 is 0.914 bits per heavy atom. The van der Waals surface area contributed by atoms with Crippen LogP contribution < -0.4 is 16.0 Å². The Labute approximate surface area is 201 Å². The Kier molecular flexibility index (Phi) is 7.19. The summed E-state index contributed by atoms with van der Waals surface area (Å²) in [5, 5.41) is 8.21. The molecule has 1 heterocycles. The zero-order valence-corrected chi connectivity index (χ0v) is 19.1. The fourth-order valence-corrected chi connectivity index (χ4v) is 4.24. The van der Waals surface area contributed by atoms with Crippen LogP contribution in [-0.2, 0) is 27.2 Å². The summed E-state index contributed by atoms with van der Waals surface area (Å²) < 4.78 is 26.7. The number of hydrogen-bond acceptors (Lipinski definition) is 3. The molecule has 8 heteroatoms. The van der Waals surface area contributed by atoms with E-state index in [0.29, 0.717) is 12.0 Å². The topological polar surface area (TPSA) is 87.3 Å². The predicted octanol–water partition coefficient (Wildman–Crippen LogP) is 3.28. The van der Waals surface area contributed by atoms with Crippen LogP contribution >= 0.6 is 0 Å². The molecule has 0 aliphatic carbocycles. The van der Waals surface area contributed by atoms with Crippen LogP contribution in [-0.4, -0.2) is 23.8 Å². The minimum absolute atomic E-state index is 0.151. The highest BCUT2D eigenvalue weighted by Crippen LogP contribution is 2.31. The van der Waals surface area contributed by atoms with Crippen molar-refractivity contribution in [1.82, 2.24) is 16.0 Å². The van der Waals surface area contributed by atoms with Crippen molar-refractivity contribution < 1.29 is 23.2 Å². The van der Waals surface area contributed by atoms with Gasteiger partial charge in [0.15, 0.2) is 0 Å². The summed E-state index contributed by atoms with van der Waals surface area (Å²) in [4.78, 5) is 38.1. The third-order valence-electron chi connectivity index (χ3n) is 5.89. The summed E-state index contributed by atoms with van der Waals surface area (Å²) >= 11 is 0. The first kappa shape index (κ1) is 24.1. The van der Waals surface area contributed by atoms with E-state index >= 15 is 0 Å². The molecule has 0 fully saturated rings. The molecule has 0 bridgehead atoms. The van der Waals surface area contributed by atoms with Crippen LogP contribution in [0.25, 0.3) is 0 Å². The lowest BCUT2D eigenvalue weighted by Crippen LogP contribution is -2.51. The van der Waals surface area contributed by atoms with Gasteiger partial charge in [0.1, 0.15) is 23.7 Å². The molecular weight excluding hydrogens is 452 g/mol. The van der Waals surface area contributed by atoms with Gasteiger partial charge in [-0.1, -0.05) is 54.6 Å². The molecule has 35 heavy (non-hydrogen) atoms. The van der Waals surface area contributed by atoms with Crippen LogP contribution in [0, 0.1) is 11.6 Å². The number of halogens is 2. The highest BCUT2D eigenvalue weighted by Gasteiger charge is 2.34. The Balaban J connectivity index is 1.42. The van der Waals surface area contributed by atoms with E-state index in [1.54, 1.807) is 12.1 Å². The first-order chi connectivity index (χ1) is 16.8. The third kappa shape index (κ3) is 5.90. The van der Waals surface area contributed by atoms with Crippen LogP contribution in [0.1, 0.15) is 41.3 Å². The lowest BCUT2D eigenvalue weighted by Gasteiger charge is -2.33. The minimum Gasteiger partial charge on any atom is -0.347 e. The van der Waals surface area contributed by atoms with Crippen LogP contribution in [0.2, 0.25) is 0 Å². The van der Waals surface area contributed by atoms with Gasteiger partial charge in [0.2, 0.25) is 17.7 Å². The molecule has 3 atom stereocenters. The molecule has 6 nitrogen and oxygen atoms in total. The molecular formula is C27H25F2N3O3. The van der Waals surface area contributed by atoms with E-state index < -0.39 is 35.5 Å². The fraction of sp³-hybridized carbons (Fsp3) is 0.222. The van der Waals surface area contributed by atoms with E-state index in [2.05, 4.69) is 16.0 Å². The molecule has 3 amide bonds. The number of benzene rings is 3.